The minimum absolute atomic E-state index is 0.275. The first-order valence-electron chi connectivity index (χ1n) is 4.75. The number of aromatic nitrogens is 1. The number of pyridine rings is 1. The van der Waals surface area contributed by atoms with E-state index in [0.29, 0.717) is 5.15 Å². The Balaban J connectivity index is 2.05. The van der Waals surface area contributed by atoms with Gasteiger partial charge in [0.2, 0.25) is 0 Å². The van der Waals surface area contributed by atoms with E-state index in [1.54, 1.807) is 6.20 Å². The summed E-state index contributed by atoms with van der Waals surface area (Å²) in [5.74, 6) is 0.806. The van der Waals surface area contributed by atoms with Crippen molar-refractivity contribution in [1.82, 2.24) is 10.3 Å². The van der Waals surface area contributed by atoms with E-state index in [2.05, 4.69) is 10.3 Å². The van der Waals surface area contributed by atoms with Gasteiger partial charge in [0.1, 0.15) is 17.0 Å². The quantitative estimate of drug-likeness (QED) is 0.759. The lowest BCUT2D eigenvalue weighted by atomic mass is 10.3. The molecule has 1 aromatic heterocycles. The van der Waals surface area contributed by atoms with Crippen molar-refractivity contribution in [2.75, 3.05) is 13.1 Å². The molecule has 0 saturated carbocycles. The molecule has 2 rings (SSSR count). The van der Waals surface area contributed by atoms with Crippen LogP contribution in [0.2, 0.25) is 5.15 Å². The van der Waals surface area contributed by atoms with Gasteiger partial charge >= 0.3 is 0 Å². The lowest BCUT2D eigenvalue weighted by Gasteiger charge is -2.12. The average molecular weight is 213 g/mol. The van der Waals surface area contributed by atoms with Crippen LogP contribution in [0.4, 0.5) is 0 Å². The lowest BCUT2D eigenvalue weighted by Crippen LogP contribution is -2.19. The molecule has 4 heteroatoms. The van der Waals surface area contributed by atoms with Crippen molar-refractivity contribution < 1.29 is 4.74 Å². The third kappa shape index (κ3) is 2.16. The van der Waals surface area contributed by atoms with Crippen molar-refractivity contribution in [3.8, 4) is 5.75 Å². The summed E-state index contributed by atoms with van der Waals surface area (Å²) >= 11 is 5.82. The Morgan fingerprint density at radius 3 is 3.14 bits per heavy atom. The zero-order valence-electron chi connectivity index (χ0n) is 8.09. The monoisotopic (exact) mass is 212 g/mol. The van der Waals surface area contributed by atoms with Gasteiger partial charge < -0.3 is 10.1 Å². The molecule has 0 amide bonds. The molecule has 1 aliphatic heterocycles. The highest BCUT2D eigenvalue weighted by molar-refractivity contribution is 6.30. The third-order valence-electron chi connectivity index (χ3n) is 2.31. The zero-order valence-corrected chi connectivity index (χ0v) is 8.84. The Bertz CT molecular complexity index is 324. The zero-order chi connectivity index (χ0) is 9.97. The Labute approximate surface area is 88.4 Å². The largest absolute Gasteiger partial charge is 0.487 e. The van der Waals surface area contributed by atoms with Crippen molar-refractivity contribution in [3.05, 3.63) is 23.0 Å². The fourth-order valence-corrected chi connectivity index (χ4v) is 1.62. The van der Waals surface area contributed by atoms with Gasteiger partial charge in [-0.2, -0.15) is 0 Å². The first-order valence-corrected chi connectivity index (χ1v) is 5.13. The van der Waals surface area contributed by atoms with E-state index < -0.39 is 0 Å². The van der Waals surface area contributed by atoms with Crippen LogP contribution in [0.25, 0.3) is 0 Å². The minimum atomic E-state index is 0.275. The highest BCUT2D eigenvalue weighted by Crippen LogP contribution is 2.19. The van der Waals surface area contributed by atoms with E-state index >= 15 is 0 Å². The summed E-state index contributed by atoms with van der Waals surface area (Å²) in [5, 5.41) is 3.79. The van der Waals surface area contributed by atoms with Crippen LogP contribution in [0, 0.1) is 6.92 Å². The normalized spacial score (nSPS) is 21.1. The Morgan fingerprint density at radius 2 is 2.50 bits per heavy atom. The fourth-order valence-electron chi connectivity index (χ4n) is 1.52. The van der Waals surface area contributed by atoms with Gasteiger partial charge in [0.25, 0.3) is 0 Å². The van der Waals surface area contributed by atoms with Crippen LogP contribution in [0.3, 0.4) is 0 Å². The second-order valence-electron chi connectivity index (χ2n) is 3.51. The molecule has 76 valence electrons. The van der Waals surface area contributed by atoms with Crippen molar-refractivity contribution >= 4 is 11.6 Å². The average Bonchev–Trinajstić information content (AvgIpc) is 2.64. The van der Waals surface area contributed by atoms with Crippen molar-refractivity contribution in [2.45, 2.75) is 19.4 Å². The van der Waals surface area contributed by atoms with Crippen LogP contribution in [-0.4, -0.2) is 24.2 Å². The van der Waals surface area contributed by atoms with Gasteiger partial charge in [0.15, 0.2) is 0 Å². The predicted molar refractivity (Wildman–Crippen MR) is 55.9 cm³/mol. The van der Waals surface area contributed by atoms with Crippen molar-refractivity contribution in [2.24, 2.45) is 0 Å². The van der Waals surface area contributed by atoms with E-state index in [1.165, 1.54) is 0 Å². The fraction of sp³-hybridized carbons (Fsp3) is 0.500. The van der Waals surface area contributed by atoms with E-state index in [4.69, 9.17) is 16.3 Å². The first-order chi connectivity index (χ1) is 6.75. The maximum atomic E-state index is 5.82. The molecule has 2 heterocycles. The molecule has 1 N–H and O–H groups in total. The lowest BCUT2D eigenvalue weighted by molar-refractivity contribution is 0.222. The number of hydrogen-bond acceptors (Lipinski definition) is 3. The Hall–Kier alpha value is -0.800. The van der Waals surface area contributed by atoms with Gasteiger partial charge in [-0.1, -0.05) is 11.6 Å². The van der Waals surface area contributed by atoms with E-state index in [9.17, 15) is 0 Å². The summed E-state index contributed by atoms with van der Waals surface area (Å²) in [5.41, 5.74) is 0.954. The molecule has 1 atom stereocenters. The highest BCUT2D eigenvalue weighted by atomic mass is 35.5. The molecule has 0 aliphatic carbocycles. The molecular weight excluding hydrogens is 200 g/mol. The molecule has 1 aromatic rings. The maximum Gasteiger partial charge on any atom is 0.138 e. The number of halogens is 1. The molecule has 0 spiro atoms. The van der Waals surface area contributed by atoms with Gasteiger partial charge in [-0.15, -0.1) is 0 Å². The number of nitrogens with one attached hydrogen (secondary N) is 1. The number of nitrogens with zero attached hydrogens (tertiary/aromatic N) is 1. The standard InChI is InChI=1S/C10H13ClN2O/c1-7-4-9(6-13-10(7)11)14-8-2-3-12-5-8/h4,6,8,12H,2-3,5H2,1H3. The van der Waals surface area contributed by atoms with Crippen LogP contribution >= 0.6 is 11.6 Å². The molecule has 0 radical (unpaired) electrons. The van der Waals surface area contributed by atoms with Crippen LogP contribution in [0.15, 0.2) is 12.3 Å². The number of hydrogen-bond donors (Lipinski definition) is 1. The molecule has 1 unspecified atom stereocenters. The second-order valence-corrected chi connectivity index (χ2v) is 3.87. The summed E-state index contributed by atoms with van der Waals surface area (Å²) in [4.78, 5) is 4.04. The summed E-state index contributed by atoms with van der Waals surface area (Å²) in [6, 6.07) is 1.92. The smallest absolute Gasteiger partial charge is 0.138 e. The molecule has 0 aromatic carbocycles. The van der Waals surface area contributed by atoms with Gasteiger partial charge in [-0.3, -0.25) is 0 Å². The summed E-state index contributed by atoms with van der Waals surface area (Å²) in [7, 11) is 0. The van der Waals surface area contributed by atoms with Crippen LogP contribution in [-0.2, 0) is 0 Å². The molecule has 3 nitrogen and oxygen atoms in total. The molecule has 0 bridgehead atoms. The maximum absolute atomic E-state index is 5.82. The SMILES string of the molecule is Cc1cc(OC2CCNC2)cnc1Cl. The van der Waals surface area contributed by atoms with Crippen molar-refractivity contribution in [3.63, 3.8) is 0 Å². The molecule has 1 saturated heterocycles. The van der Waals surface area contributed by atoms with Crippen LogP contribution in [0.5, 0.6) is 5.75 Å². The van der Waals surface area contributed by atoms with Crippen LogP contribution < -0.4 is 10.1 Å². The summed E-state index contributed by atoms with van der Waals surface area (Å²) in [6.07, 6.45) is 3.01. The molecule has 1 fully saturated rings. The molecule has 14 heavy (non-hydrogen) atoms. The number of aryl methyl sites for hydroxylation is 1. The minimum Gasteiger partial charge on any atom is -0.487 e. The second kappa shape index (κ2) is 4.15. The highest BCUT2D eigenvalue weighted by Gasteiger charge is 2.16. The molecule has 1 aliphatic rings. The van der Waals surface area contributed by atoms with E-state index in [1.807, 2.05) is 13.0 Å². The van der Waals surface area contributed by atoms with Gasteiger partial charge in [-0.05, 0) is 31.5 Å². The Morgan fingerprint density at radius 1 is 1.64 bits per heavy atom. The first kappa shape index (κ1) is 9.74. The van der Waals surface area contributed by atoms with Gasteiger partial charge in [0.05, 0.1) is 6.20 Å². The van der Waals surface area contributed by atoms with E-state index in [0.717, 1.165) is 30.8 Å². The van der Waals surface area contributed by atoms with Gasteiger partial charge in [-0.25, -0.2) is 4.98 Å². The Kier molecular flexibility index (Phi) is 2.89. The number of ether oxygens (including phenoxy) is 1. The summed E-state index contributed by atoms with van der Waals surface area (Å²) in [6.45, 7) is 3.88. The van der Waals surface area contributed by atoms with Crippen molar-refractivity contribution in [1.29, 1.82) is 0 Å². The number of rotatable bonds is 2. The molecular formula is C10H13ClN2O. The third-order valence-corrected chi connectivity index (χ3v) is 2.70. The van der Waals surface area contributed by atoms with Gasteiger partial charge in [0, 0.05) is 6.54 Å². The topological polar surface area (TPSA) is 34.1 Å². The predicted octanol–water partition coefficient (Wildman–Crippen LogP) is 1.78. The summed E-state index contributed by atoms with van der Waals surface area (Å²) < 4.78 is 5.73. The van der Waals surface area contributed by atoms with E-state index in [-0.39, 0.29) is 6.10 Å². The van der Waals surface area contributed by atoms with Crippen LogP contribution in [0.1, 0.15) is 12.0 Å².